The van der Waals surface area contributed by atoms with Crippen molar-refractivity contribution in [3.05, 3.63) is 0 Å². The molecular formula is C26H44N6O9S. The summed E-state index contributed by atoms with van der Waals surface area (Å²) in [5.41, 5.74) is 0. The monoisotopic (exact) mass is 616 g/mol. The normalized spacial score (nSPS) is 24.5. The summed E-state index contributed by atoms with van der Waals surface area (Å²) in [7, 11) is 0. The number of rotatable bonds is 3. The highest BCUT2D eigenvalue weighted by molar-refractivity contribution is 7.80. The quantitative estimate of drug-likeness (QED) is 0.164. The van der Waals surface area contributed by atoms with Crippen LogP contribution in [0.15, 0.2) is 0 Å². The van der Waals surface area contributed by atoms with Gasteiger partial charge in [-0.2, -0.15) is 12.6 Å². The van der Waals surface area contributed by atoms with Crippen LogP contribution in [0.25, 0.3) is 0 Å². The summed E-state index contributed by atoms with van der Waals surface area (Å²) in [4.78, 5) is 87.3. The van der Waals surface area contributed by atoms with Gasteiger partial charge in [0.2, 0.25) is 35.4 Å². The molecule has 16 heteroatoms. The van der Waals surface area contributed by atoms with Crippen molar-refractivity contribution < 1.29 is 43.0 Å². The van der Waals surface area contributed by atoms with Crippen molar-refractivity contribution >= 4 is 53.9 Å². The molecule has 0 radical (unpaired) electrons. The zero-order chi connectivity index (χ0) is 31.7. The Bertz CT molecular complexity index is 963. The third kappa shape index (κ3) is 14.6. The van der Waals surface area contributed by atoms with E-state index in [-0.39, 0.29) is 70.1 Å². The molecule has 1 rings (SSSR count). The number of thiol groups is 1. The van der Waals surface area contributed by atoms with Gasteiger partial charge in [0.1, 0.15) is 18.7 Å². The number of hydrogen-bond donors (Lipinski definition) is 7. The number of hydrogen-bond acceptors (Lipinski definition) is 10. The lowest BCUT2D eigenvalue weighted by atomic mass is 9.99. The highest BCUT2D eigenvalue weighted by Crippen LogP contribution is 2.08. The largest absolute Gasteiger partial charge is 0.377 e. The van der Waals surface area contributed by atoms with Crippen LogP contribution in [-0.2, 0) is 43.0 Å². The van der Waals surface area contributed by atoms with Crippen LogP contribution in [0.2, 0.25) is 0 Å². The minimum atomic E-state index is -1.02. The van der Waals surface area contributed by atoms with Gasteiger partial charge in [-0.25, -0.2) is 0 Å². The van der Waals surface area contributed by atoms with Gasteiger partial charge < -0.3 is 41.4 Å². The van der Waals surface area contributed by atoms with Crippen molar-refractivity contribution in [2.45, 2.75) is 46.2 Å². The van der Waals surface area contributed by atoms with Crippen LogP contribution in [0.5, 0.6) is 0 Å². The van der Waals surface area contributed by atoms with Gasteiger partial charge in [-0.1, -0.05) is 27.7 Å². The Labute approximate surface area is 251 Å². The summed E-state index contributed by atoms with van der Waals surface area (Å²) >= 11 is 4.16. The number of ketones is 1. The molecule has 0 bridgehead atoms. The molecule has 0 unspecified atom stereocenters. The topological polar surface area (TPSA) is 210 Å². The van der Waals surface area contributed by atoms with E-state index in [1.807, 2.05) is 0 Å². The molecule has 0 aromatic rings. The second kappa shape index (κ2) is 19.8. The van der Waals surface area contributed by atoms with Crippen LogP contribution in [0.4, 0.5) is 0 Å². The molecular weight excluding hydrogens is 572 g/mol. The zero-order valence-electron chi connectivity index (χ0n) is 24.6. The van der Waals surface area contributed by atoms with Crippen molar-refractivity contribution in [3.8, 4) is 0 Å². The lowest BCUT2D eigenvalue weighted by molar-refractivity contribution is -0.134. The molecule has 1 saturated heterocycles. The fourth-order valence-electron chi connectivity index (χ4n) is 3.67. The SMILES string of the molecule is CC(C)[C@@H]1NC(=O)CNC(=O)CNC(=O)COCCOCCNC(=O)[C@H](CS)CC(=O)CNC(=O)[C@H](C(C)C)NC1=O. The van der Waals surface area contributed by atoms with E-state index in [1.165, 1.54) is 0 Å². The van der Waals surface area contributed by atoms with Gasteiger partial charge in [-0.05, 0) is 11.8 Å². The van der Waals surface area contributed by atoms with Crippen molar-refractivity contribution in [2.24, 2.45) is 17.8 Å². The van der Waals surface area contributed by atoms with Crippen LogP contribution in [0, 0.1) is 17.8 Å². The van der Waals surface area contributed by atoms with E-state index >= 15 is 0 Å². The van der Waals surface area contributed by atoms with Crippen LogP contribution < -0.4 is 31.9 Å². The fraction of sp³-hybridized carbons (Fsp3) is 0.731. The molecule has 0 aromatic carbocycles. The van der Waals surface area contributed by atoms with E-state index in [9.17, 15) is 33.6 Å². The number of carbonyl (C=O) groups is 7. The van der Waals surface area contributed by atoms with E-state index in [1.54, 1.807) is 27.7 Å². The highest BCUT2D eigenvalue weighted by Gasteiger charge is 2.31. The number of nitrogens with one attached hydrogen (secondary N) is 6. The number of ether oxygens (including phenoxy) is 2. The maximum absolute atomic E-state index is 13.0. The first kappa shape index (κ1) is 36.8. The van der Waals surface area contributed by atoms with Gasteiger partial charge >= 0.3 is 0 Å². The lowest BCUT2D eigenvalue weighted by Gasteiger charge is -2.27. The predicted molar refractivity (Wildman–Crippen MR) is 154 cm³/mol. The summed E-state index contributed by atoms with van der Waals surface area (Å²) in [6, 6.07) is -2.04. The van der Waals surface area contributed by atoms with Crippen molar-refractivity contribution in [1.29, 1.82) is 0 Å². The minimum Gasteiger partial charge on any atom is -0.377 e. The molecule has 1 aliphatic heterocycles. The van der Waals surface area contributed by atoms with Gasteiger partial charge in [0.05, 0.1) is 45.4 Å². The molecule has 0 aromatic heterocycles. The molecule has 6 amide bonds. The predicted octanol–water partition coefficient (Wildman–Crippen LogP) is -2.72. The summed E-state index contributed by atoms with van der Waals surface area (Å²) in [5.74, 6) is -5.17. The van der Waals surface area contributed by atoms with E-state index in [4.69, 9.17) is 9.47 Å². The standard InChI is InChI=1S/C26H44N6O9S/c1-15(2)22-25(38)30-10-18(33)9-17(14-42)24(37)27-5-6-40-7-8-41-13-21(36)29-11-19(34)28-12-20(35)31-23(16(3)4)26(39)32-22/h15-17,22-23,42H,5-14H2,1-4H3,(H,27,37)(H,28,34)(H,29,36)(H,30,38)(H,31,35)(H,32,39)/t17-,22-,23-/m0/s1. The molecule has 1 heterocycles. The average molecular weight is 617 g/mol. The smallest absolute Gasteiger partial charge is 0.246 e. The number of carbonyl (C=O) groups excluding carboxylic acids is 7. The summed E-state index contributed by atoms with van der Waals surface area (Å²) in [6.07, 6.45) is -0.150. The number of amides is 6. The van der Waals surface area contributed by atoms with Crippen molar-refractivity contribution in [1.82, 2.24) is 31.9 Å². The second-order valence-corrected chi connectivity index (χ2v) is 10.7. The lowest BCUT2D eigenvalue weighted by Crippen LogP contribution is -2.58. The Kier molecular flexibility index (Phi) is 17.3. The van der Waals surface area contributed by atoms with Gasteiger partial charge in [-0.3, -0.25) is 33.6 Å². The first-order chi connectivity index (χ1) is 19.8. The molecule has 6 N–H and O–H groups in total. The molecule has 42 heavy (non-hydrogen) atoms. The van der Waals surface area contributed by atoms with Gasteiger partial charge in [0.15, 0.2) is 5.78 Å². The van der Waals surface area contributed by atoms with Crippen LogP contribution in [0.1, 0.15) is 34.1 Å². The third-order valence-electron chi connectivity index (χ3n) is 6.08. The van der Waals surface area contributed by atoms with E-state index < -0.39 is 65.8 Å². The van der Waals surface area contributed by atoms with Crippen LogP contribution >= 0.6 is 12.6 Å². The van der Waals surface area contributed by atoms with Gasteiger partial charge in [0, 0.05) is 18.7 Å². The maximum Gasteiger partial charge on any atom is 0.246 e. The molecule has 15 nitrogen and oxygen atoms in total. The van der Waals surface area contributed by atoms with E-state index in [0.717, 1.165) is 0 Å². The molecule has 1 fully saturated rings. The Morgan fingerprint density at radius 2 is 1.26 bits per heavy atom. The van der Waals surface area contributed by atoms with Gasteiger partial charge in [-0.15, -0.1) is 0 Å². The third-order valence-corrected chi connectivity index (χ3v) is 6.52. The first-order valence-corrected chi connectivity index (χ1v) is 14.5. The molecule has 3 atom stereocenters. The molecule has 1 aliphatic rings. The first-order valence-electron chi connectivity index (χ1n) is 13.8. The summed E-state index contributed by atoms with van der Waals surface area (Å²) < 4.78 is 10.5. The molecule has 0 aliphatic carbocycles. The van der Waals surface area contributed by atoms with Crippen molar-refractivity contribution in [2.75, 3.05) is 58.4 Å². The fourth-order valence-corrected chi connectivity index (χ4v) is 3.96. The van der Waals surface area contributed by atoms with E-state index in [0.29, 0.717) is 0 Å². The summed E-state index contributed by atoms with van der Waals surface area (Å²) in [6.45, 7) is 5.91. The minimum absolute atomic E-state index is 0.0927. The second-order valence-electron chi connectivity index (χ2n) is 10.4. The van der Waals surface area contributed by atoms with Crippen LogP contribution in [0.3, 0.4) is 0 Å². The van der Waals surface area contributed by atoms with Crippen molar-refractivity contribution in [3.63, 3.8) is 0 Å². The van der Waals surface area contributed by atoms with Gasteiger partial charge in [0.25, 0.3) is 0 Å². The Hall–Kier alpha value is -3.24. The number of Topliss-reactive ketones (excluding diaryl/α,β-unsaturated/α-hetero) is 1. The Morgan fingerprint density at radius 3 is 1.90 bits per heavy atom. The Morgan fingerprint density at radius 1 is 0.667 bits per heavy atom. The zero-order valence-corrected chi connectivity index (χ0v) is 25.5. The summed E-state index contributed by atoms with van der Waals surface area (Å²) in [5, 5.41) is 15.1. The average Bonchev–Trinajstić information content (AvgIpc) is 2.94. The highest BCUT2D eigenvalue weighted by atomic mass is 32.1. The molecule has 238 valence electrons. The van der Waals surface area contributed by atoms with E-state index in [2.05, 4.69) is 44.5 Å². The Balaban J connectivity index is 2.95. The maximum atomic E-state index is 13.0. The molecule has 0 spiro atoms. The molecule has 0 saturated carbocycles. The van der Waals surface area contributed by atoms with Crippen LogP contribution in [-0.4, -0.2) is 112 Å².